The van der Waals surface area contributed by atoms with E-state index in [2.05, 4.69) is 10.8 Å². The number of hydrogen-bond acceptors (Lipinski definition) is 3. The van der Waals surface area contributed by atoms with E-state index >= 15 is 0 Å². The molecule has 1 aromatic rings. The Morgan fingerprint density at radius 1 is 1.53 bits per heavy atom. The Labute approximate surface area is 89.3 Å². The molecule has 0 spiro atoms. The number of rotatable bonds is 2. The van der Waals surface area contributed by atoms with Crippen LogP contribution < -0.4 is 0 Å². The van der Waals surface area contributed by atoms with E-state index in [-0.39, 0.29) is 0 Å². The summed E-state index contributed by atoms with van der Waals surface area (Å²) in [7, 11) is 1.33. The molecule has 0 aliphatic carbocycles. The van der Waals surface area contributed by atoms with E-state index in [1.165, 1.54) is 7.11 Å². The Kier molecular flexibility index (Phi) is 3.46. The number of aryl methyl sites for hydroxylation is 1. The van der Waals surface area contributed by atoms with Crippen LogP contribution in [0.25, 0.3) is 0 Å². The van der Waals surface area contributed by atoms with Crippen LogP contribution in [0.1, 0.15) is 34.0 Å². The average molecular weight is 203 g/mol. The number of methoxy groups -OCH3 is 1. The molecule has 1 aromatic carbocycles. The van der Waals surface area contributed by atoms with Gasteiger partial charge < -0.3 is 4.74 Å². The molecule has 3 heteroatoms. The van der Waals surface area contributed by atoms with Crippen molar-refractivity contribution in [1.82, 2.24) is 0 Å². The Bertz CT molecular complexity index is 430. The largest absolute Gasteiger partial charge is 0.465 e. The van der Waals surface area contributed by atoms with Crippen LogP contribution in [0, 0.1) is 18.3 Å². The second kappa shape index (κ2) is 4.61. The van der Waals surface area contributed by atoms with Gasteiger partial charge in [0.15, 0.2) is 0 Å². The van der Waals surface area contributed by atoms with Crippen molar-refractivity contribution in [3.8, 4) is 6.07 Å². The standard InChI is InChI=1S/C12H13NO2/c1-4-11-8(2)5-9(12(14)15-3)6-10(11)7-13/h5-6H,4H2,1-3H3. The molecule has 0 saturated heterocycles. The Morgan fingerprint density at radius 3 is 2.67 bits per heavy atom. The number of ether oxygens (including phenoxy) is 1. The average Bonchev–Trinajstić information content (AvgIpc) is 2.26. The van der Waals surface area contributed by atoms with E-state index in [9.17, 15) is 4.79 Å². The highest BCUT2D eigenvalue weighted by molar-refractivity contribution is 5.90. The van der Waals surface area contributed by atoms with Crippen LogP contribution in [-0.4, -0.2) is 13.1 Å². The second-order valence-electron chi connectivity index (χ2n) is 3.28. The Hall–Kier alpha value is -1.82. The van der Waals surface area contributed by atoms with Gasteiger partial charge in [-0.3, -0.25) is 0 Å². The van der Waals surface area contributed by atoms with Gasteiger partial charge in [0.2, 0.25) is 0 Å². The van der Waals surface area contributed by atoms with E-state index in [4.69, 9.17) is 5.26 Å². The van der Waals surface area contributed by atoms with E-state index in [0.717, 1.165) is 17.5 Å². The maximum Gasteiger partial charge on any atom is 0.337 e. The van der Waals surface area contributed by atoms with Crippen molar-refractivity contribution in [3.05, 3.63) is 34.4 Å². The molecule has 3 nitrogen and oxygen atoms in total. The van der Waals surface area contributed by atoms with Crippen molar-refractivity contribution in [2.24, 2.45) is 0 Å². The molecule has 1 rings (SSSR count). The topological polar surface area (TPSA) is 50.1 Å². The monoisotopic (exact) mass is 203 g/mol. The van der Waals surface area contributed by atoms with Gasteiger partial charge in [0.1, 0.15) is 0 Å². The van der Waals surface area contributed by atoms with Gasteiger partial charge in [-0.1, -0.05) is 6.92 Å². The zero-order chi connectivity index (χ0) is 11.4. The Balaban J connectivity index is 3.33. The molecule has 0 radical (unpaired) electrons. The van der Waals surface area contributed by atoms with Crippen LogP contribution >= 0.6 is 0 Å². The lowest BCUT2D eigenvalue weighted by Crippen LogP contribution is -2.04. The third kappa shape index (κ3) is 2.16. The smallest absolute Gasteiger partial charge is 0.337 e. The van der Waals surface area contributed by atoms with E-state index in [0.29, 0.717) is 11.1 Å². The molecule has 0 amide bonds. The van der Waals surface area contributed by atoms with Crippen molar-refractivity contribution in [2.45, 2.75) is 20.3 Å². The van der Waals surface area contributed by atoms with E-state index < -0.39 is 5.97 Å². The van der Waals surface area contributed by atoms with Gasteiger partial charge in [-0.05, 0) is 36.6 Å². The summed E-state index contributed by atoms with van der Waals surface area (Å²) in [5.41, 5.74) is 2.93. The summed E-state index contributed by atoms with van der Waals surface area (Å²) in [4.78, 5) is 11.3. The quantitative estimate of drug-likeness (QED) is 0.692. The molecule has 0 unspecified atom stereocenters. The third-order valence-electron chi connectivity index (χ3n) is 2.37. The zero-order valence-electron chi connectivity index (χ0n) is 9.13. The summed E-state index contributed by atoms with van der Waals surface area (Å²) in [6, 6.07) is 5.44. The Morgan fingerprint density at radius 2 is 2.20 bits per heavy atom. The fourth-order valence-corrected chi connectivity index (χ4v) is 1.62. The molecule has 0 aromatic heterocycles. The molecular weight excluding hydrogens is 190 g/mol. The predicted octanol–water partition coefficient (Wildman–Crippen LogP) is 2.22. The van der Waals surface area contributed by atoms with Gasteiger partial charge >= 0.3 is 5.97 Å². The lowest BCUT2D eigenvalue weighted by Gasteiger charge is -2.07. The predicted molar refractivity (Wildman–Crippen MR) is 56.6 cm³/mol. The number of benzene rings is 1. The maximum absolute atomic E-state index is 11.3. The highest BCUT2D eigenvalue weighted by Crippen LogP contribution is 2.17. The van der Waals surface area contributed by atoms with Crippen molar-refractivity contribution >= 4 is 5.97 Å². The van der Waals surface area contributed by atoms with Gasteiger partial charge in [0.25, 0.3) is 0 Å². The molecule has 0 saturated carbocycles. The van der Waals surface area contributed by atoms with Crippen LogP contribution in [0.3, 0.4) is 0 Å². The van der Waals surface area contributed by atoms with E-state index in [1.807, 2.05) is 13.8 Å². The molecule has 0 heterocycles. The maximum atomic E-state index is 11.3. The molecule has 0 aliphatic rings. The zero-order valence-corrected chi connectivity index (χ0v) is 9.13. The highest BCUT2D eigenvalue weighted by atomic mass is 16.5. The molecule has 0 fully saturated rings. The first-order valence-corrected chi connectivity index (χ1v) is 4.76. The molecule has 0 aliphatic heterocycles. The second-order valence-corrected chi connectivity index (χ2v) is 3.28. The number of esters is 1. The van der Waals surface area contributed by atoms with Gasteiger partial charge in [-0.25, -0.2) is 4.79 Å². The van der Waals surface area contributed by atoms with Crippen molar-refractivity contribution in [3.63, 3.8) is 0 Å². The fourth-order valence-electron chi connectivity index (χ4n) is 1.62. The number of hydrogen-bond donors (Lipinski definition) is 0. The van der Waals surface area contributed by atoms with Crippen molar-refractivity contribution in [1.29, 1.82) is 5.26 Å². The summed E-state index contributed by atoms with van der Waals surface area (Å²) in [6.07, 6.45) is 0.788. The molecular formula is C12H13NO2. The van der Waals surface area contributed by atoms with Gasteiger partial charge in [-0.2, -0.15) is 5.26 Å². The van der Waals surface area contributed by atoms with Crippen LogP contribution in [0.4, 0.5) is 0 Å². The summed E-state index contributed by atoms with van der Waals surface area (Å²) >= 11 is 0. The van der Waals surface area contributed by atoms with Gasteiger partial charge in [-0.15, -0.1) is 0 Å². The van der Waals surface area contributed by atoms with Crippen LogP contribution in [-0.2, 0) is 11.2 Å². The first-order valence-electron chi connectivity index (χ1n) is 4.76. The molecule has 78 valence electrons. The normalized spacial score (nSPS) is 9.47. The minimum Gasteiger partial charge on any atom is -0.465 e. The van der Waals surface area contributed by atoms with Crippen LogP contribution in [0.2, 0.25) is 0 Å². The molecule has 0 atom stereocenters. The minimum atomic E-state index is -0.405. The summed E-state index contributed by atoms with van der Waals surface area (Å²) < 4.78 is 4.62. The fraction of sp³-hybridized carbons (Fsp3) is 0.333. The lowest BCUT2D eigenvalue weighted by atomic mass is 9.97. The highest BCUT2D eigenvalue weighted by Gasteiger charge is 2.11. The van der Waals surface area contributed by atoms with Crippen molar-refractivity contribution < 1.29 is 9.53 Å². The molecule has 15 heavy (non-hydrogen) atoms. The van der Waals surface area contributed by atoms with Gasteiger partial charge in [0, 0.05) is 0 Å². The number of nitrogens with zero attached hydrogens (tertiary/aromatic N) is 1. The van der Waals surface area contributed by atoms with Gasteiger partial charge in [0.05, 0.1) is 24.3 Å². The molecule has 0 bridgehead atoms. The number of carbonyl (C=O) groups is 1. The summed E-state index contributed by atoms with van der Waals surface area (Å²) in [5.74, 6) is -0.405. The minimum absolute atomic E-state index is 0.405. The van der Waals surface area contributed by atoms with E-state index in [1.54, 1.807) is 12.1 Å². The van der Waals surface area contributed by atoms with Crippen LogP contribution in [0.5, 0.6) is 0 Å². The third-order valence-corrected chi connectivity index (χ3v) is 2.37. The summed E-state index contributed by atoms with van der Waals surface area (Å²) in [6.45, 7) is 3.88. The lowest BCUT2D eigenvalue weighted by molar-refractivity contribution is 0.0600. The van der Waals surface area contributed by atoms with Crippen molar-refractivity contribution in [2.75, 3.05) is 7.11 Å². The SMILES string of the molecule is CCc1c(C)cc(C(=O)OC)cc1C#N. The molecule has 0 N–H and O–H groups in total. The first-order chi connectivity index (χ1) is 7.13. The first kappa shape index (κ1) is 11.3. The van der Waals surface area contributed by atoms with Crippen LogP contribution in [0.15, 0.2) is 12.1 Å². The summed E-state index contributed by atoms with van der Waals surface area (Å²) in [5, 5.41) is 8.95. The number of nitriles is 1. The number of carbonyl (C=O) groups excluding carboxylic acids is 1.